The van der Waals surface area contributed by atoms with Crippen LogP contribution in [0.5, 0.6) is 0 Å². The Balaban J connectivity index is 1.80. The number of carbonyl (C=O) groups is 1. The number of esters is 1. The molecule has 1 atom stereocenters. The van der Waals surface area contributed by atoms with Gasteiger partial charge in [-0.3, -0.25) is 4.98 Å². The van der Waals surface area contributed by atoms with Crippen LogP contribution in [0.3, 0.4) is 0 Å². The van der Waals surface area contributed by atoms with E-state index in [4.69, 9.17) is 16.3 Å². The third-order valence-corrected chi connectivity index (χ3v) is 4.61. The van der Waals surface area contributed by atoms with E-state index in [2.05, 4.69) is 4.98 Å². The first-order chi connectivity index (χ1) is 13.2. The molecule has 1 heterocycles. The molecule has 0 saturated carbocycles. The predicted octanol–water partition coefficient (Wildman–Crippen LogP) is 5.83. The zero-order valence-electron chi connectivity index (χ0n) is 14.4. The fraction of sp³-hybridized carbons (Fsp3) is 0.0435. The number of hydrogen-bond acceptors (Lipinski definition) is 3. The minimum Gasteiger partial charge on any atom is -0.447 e. The molecule has 4 heteroatoms. The zero-order valence-corrected chi connectivity index (χ0v) is 15.1. The molecule has 0 radical (unpaired) electrons. The van der Waals surface area contributed by atoms with Gasteiger partial charge >= 0.3 is 5.97 Å². The first-order valence-electron chi connectivity index (χ1n) is 8.57. The summed E-state index contributed by atoms with van der Waals surface area (Å²) in [5.41, 5.74) is 2.00. The molecule has 0 unspecified atom stereocenters. The quantitative estimate of drug-likeness (QED) is 0.422. The highest BCUT2D eigenvalue weighted by atomic mass is 35.5. The van der Waals surface area contributed by atoms with Crippen LogP contribution < -0.4 is 0 Å². The summed E-state index contributed by atoms with van der Waals surface area (Å²) in [6, 6.07) is 26.1. The highest BCUT2D eigenvalue weighted by molar-refractivity contribution is 6.30. The van der Waals surface area contributed by atoms with Gasteiger partial charge in [0.2, 0.25) is 0 Å². The molecule has 0 spiro atoms. The van der Waals surface area contributed by atoms with Gasteiger partial charge in [0, 0.05) is 16.6 Å². The monoisotopic (exact) mass is 373 g/mol. The van der Waals surface area contributed by atoms with Crippen molar-refractivity contribution in [1.29, 1.82) is 0 Å². The number of rotatable bonds is 4. The van der Waals surface area contributed by atoms with Gasteiger partial charge in [-0.1, -0.05) is 66.2 Å². The summed E-state index contributed by atoms with van der Waals surface area (Å²) < 4.78 is 5.91. The van der Waals surface area contributed by atoms with Gasteiger partial charge < -0.3 is 4.74 Å². The fourth-order valence-electron chi connectivity index (χ4n) is 3.02. The fourth-order valence-corrected chi connectivity index (χ4v) is 3.15. The Labute approximate surface area is 162 Å². The van der Waals surface area contributed by atoms with E-state index in [-0.39, 0.29) is 0 Å². The molecule has 0 N–H and O–H groups in total. The lowest BCUT2D eigenvalue weighted by Gasteiger charge is -2.20. The number of aromatic nitrogens is 1. The summed E-state index contributed by atoms with van der Waals surface area (Å²) in [5, 5.41) is 2.61. The summed E-state index contributed by atoms with van der Waals surface area (Å²) in [6.07, 6.45) is 1.10. The van der Waals surface area contributed by atoms with Crippen LogP contribution in [0.1, 0.15) is 27.7 Å². The number of carbonyl (C=O) groups excluding carboxylic acids is 1. The lowest BCUT2D eigenvalue weighted by molar-refractivity contribution is 0.0373. The van der Waals surface area contributed by atoms with Gasteiger partial charge in [-0.05, 0) is 41.3 Å². The molecule has 0 aliphatic heterocycles. The first kappa shape index (κ1) is 17.3. The van der Waals surface area contributed by atoms with Gasteiger partial charge in [0.1, 0.15) is 0 Å². The van der Waals surface area contributed by atoms with Gasteiger partial charge in [0.25, 0.3) is 0 Å². The Morgan fingerprint density at radius 1 is 0.852 bits per heavy atom. The van der Waals surface area contributed by atoms with Gasteiger partial charge in [0.05, 0.1) is 11.3 Å². The van der Waals surface area contributed by atoms with Crippen LogP contribution in [0, 0.1) is 0 Å². The van der Waals surface area contributed by atoms with E-state index in [0.717, 1.165) is 16.3 Å². The number of ether oxygens (including phenoxy) is 1. The van der Waals surface area contributed by atoms with Crippen molar-refractivity contribution in [2.75, 3.05) is 0 Å². The molecule has 132 valence electrons. The standard InChI is InChI=1S/C23H16ClNO2/c24-19-12-10-17(11-13-19)22(27-23(26)18-7-2-1-3-8-18)21-20-9-5-4-6-16(20)14-15-25-21/h1-15,22H/t22-/m1/s1. The van der Waals surface area contributed by atoms with E-state index in [1.807, 2.05) is 60.7 Å². The SMILES string of the molecule is O=C(O[C@H](c1ccc(Cl)cc1)c1nccc2ccccc12)c1ccccc1. The van der Waals surface area contributed by atoms with Crippen molar-refractivity contribution in [3.63, 3.8) is 0 Å². The number of halogens is 1. The van der Waals surface area contributed by atoms with Crippen LogP contribution in [-0.2, 0) is 4.74 Å². The molecule has 0 saturated heterocycles. The van der Waals surface area contributed by atoms with Gasteiger partial charge in [-0.15, -0.1) is 0 Å². The highest BCUT2D eigenvalue weighted by Crippen LogP contribution is 2.31. The maximum absolute atomic E-state index is 12.7. The molecule has 3 nitrogen and oxygen atoms in total. The van der Waals surface area contributed by atoms with Crippen LogP contribution in [-0.4, -0.2) is 11.0 Å². The van der Waals surface area contributed by atoms with Crippen molar-refractivity contribution in [3.8, 4) is 0 Å². The first-order valence-corrected chi connectivity index (χ1v) is 8.95. The minimum atomic E-state index is -0.638. The van der Waals surface area contributed by atoms with Crippen molar-refractivity contribution >= 4 is 28.3 Å². The van der Waals surface area contributed by atoms with E-state index in [1.54, 1.807) is 30.5 Å². The van der Waals surface area contributed by atoms with Crippen LogP contribution in [0.25, 0.3) is 10.8 Å². The summed E-state index contributed by atoms with van der Waals surface area (Å²) >= 11 is 6.04. The highest BCUT2D eigenvalue weighted by Gasteiger charge is 2.23. The Kier molecular flexibility index (Phi) is 4.86. The van der Waals surface area contributed by atoms with E-state index >= 15 is 0 Å². The van der Waals surface area contributed by atoms with Crippen molar-refractivity contribution in [1.82, 2.24) is 4.98 Å². The summed E-state index contributed by atoms with van der Waals surface area (Å²) in [6.45, 7) is 0. The average Bonchev–Trinajstić information content (AvgIpc) is 2.73. The smallest absolute Gasteiger partial charge is 0.339 e. The molecular weight excluding hydrogens is 358 g/mol. The van der Waals surface area contributed by atoms with Crippen molar-refractivity contribution in [2.45, 2.75) is 6.10 Å². The molecule has 0 aliphatic carbocycles. The largest absolute Gasteiger partial charge is 0.447 e. The summed E-state index contributed by atoms with van der Waals surface area (Å²) in [5.74, 6) is -0.398. The Morgan fingerprint density at radius 2 is 1.56 bits per heavy atom. The van der Waals surface area contributed by atoms with Gasteiger partial charge in [-0.2, -0.15) is 0 Å². The zero-order chi connectivity index (χ0) is 18.6. The van der Waals surface area contributed by atoms with Crippen LogP contribution in [0.2, 0.25) is 5.02 Å². The molecule has 0 amide bonds. The van der Waals surface area contributed by atoms with Crippen LogP contribution in [0.15, 0.2) is 91.1 Å². The van der Waals surface area contributed by atoms with Crippen molar-refractivity contribution < 1.29 is 9.53 Å². The summed E-state index contributed by atoms with van der Waals surface area (Å²) in [4.78, 5) is 17.3. The topological polar surface area (TPSA) is 39.2 Å². The van der Waals surface area contributed by atoms with E-state index in [1.165, 1.54) is 0 Å². The second kappa shape index (κ2) is 7.60. The average molecular weight is 374 g/mol. The number of benzene rings is 3. The number of fused-ring (bicyclic) bond motifs is 1. The molecule has 3 aromatic carbocycles. The Bertz CT molecular complexity index is 1070. The third kappa shape index (κ3) is 3.69. The predicted molar refractivity (Wildman–Crippen MR) is 107 cm³/mol. The maximum Gasteiger partial charge on any atom is 0.339 e. The molecule has 0 aliphatic rings. The van der Waals surface area contributed by atoms with E-state index in [9.17, 15) is 4.79 Å². The third-order valence-electron chi connectivity index (χ3n) is 4.36. The second-order valence-electron chi connectivity index (χ2n) is 6.12. The van der Waals surface area contributed by atoms with E-state index < -0.39 is 12.1 Å². The maximum atomic E-state index is 12.7. The molecule has 1 aromatic heterocycles. The van der Waals surface area contributed by atoms with E-state index in [0.29, 0.717) is 16.3 Å². The summed E-state index contributed by atoms with van der Waals surface area (Å²) in [7, 11) is 0. The normalized spacial score (nSPS) is 11.9. The molecule has 0 fully saturated rings. The minimum absolute atomic E-state index is 0.398. The molecule has 0 bridgehead atoms. The van der Waals surface area contributed by atoms with Gasteiger partial charge in [0.15, 0.2) is 6.10 Å². The molecular formula is C23H16ClNO2. The number of hydrogen-bond donors (Lipinski definition) is 0. The van der Waals surface area contributed by atoms with Gasteiger partial charge in [-0.25, -0.2) is 4.79 Å². The second-order valence-corrected chi connectivity index (χ2v) is 6.56. The van der Waals surface area contributed by atoms with Crippen molar-refractivity contribution in [3.05, 3.63) is 113 Å². The lowest BCUT2D eigenvalue weighted by atomic mass is 10.0. The van der Waals surface area contributed by atoms with Crippen LogP contribution in [0.4, 0.5) is 0 Å². The number of pyridine rings is 1. The Hall–Kier alpha value is -3.17. The molecule has 4 aromatic rings. The number of nitrogens with zero attached hydrogens (tertiary/aromatic N) is 1. The van der Waals surface area contributed by atoms with Crippen molar-refractivity contribution in [2.24, 2.45) is 0 Å². The Morgan fingerprint density at radius 3 is 2.33 bits per heavy atom. The molecule has 4 rings (SSSR count). The van der Waals surface area contributed by atoms with Crippen LogP contribution >= 0.6 is 11.6 Å². The molecule has 27 heavy (non-hydrogen) atoms. The lowest BCUT2D eigenvalue weighted by Crippen LogP contribution is -2.14.